The van der Waals surface area contributed by atoms with Crippen LogP contribution in [0, 0.1) is 17.7 Å². The molecule has 0 radical (unpaired) electrons. The lowest BCUT2D eigenvalue weighted by Crippen LogP contribution is -2.47. The minimum absolute atomic E-state index is 0.0428. The molecule has 2 unspecified atom stereocenters. The van der Waals surface area contributed by atoms with E-state index < -0.39 is 23.7 Å². The summed E-state index contributed by atoms with van der Waals surface area (Å²) in [4.78, 5) is 24.9. The predicted molar refractivity (Wildman–Crippen MR) is 87.7 cm³/mol. The van der Waals surface area contributed by atoms with Crippen LogP contribution >= 0.6 is 0 Å². The third-order valence-electron chi connectivity index (χ3n) is 3.85. The van der Waals surface area contributed by atoms with Gasteiger partial charge in [-0.3, -0.25) is 4.79 Å². The molecule has 2 rings (SSSR count). The zero-order chi connectivity index (χ0) is 17.9. The number of benzene rings is 1. The number of hydrogen-bond donors (Lipinski definition) is 2. The van der Waals surface area contributed by atoms with E-state index in [9.17, 15) is 14.0 Å². The molecule has 1 aromatic rings. The molecule has 7 heteroatoms. The van der Waals surface area contributed by atoms with Gasteiger partial charge in [-0.1, -0.05) is 6.92 Å². The number of carboxylic acid groups (broad SMARTS) is 1. The van der Waals surface area contributed by atoms with Gasteiger partial charge in [0.2, 0.25) is 0 Å². The van der Waals surface area contributed by atoms with Gasteiger partial charge in [0.15, 0.2) is 0 Å². The first-order valence-electron chi connectivity index (χ1n) is 8.01. The number of anilines is 1. The summed E-state index contributed by atoms with van der Waals surface area (Å²) in [5.41, 5.74) is 0.0428. The molecule has 2 N–H and O–H groups in total. The molecular formula is C17H23FN2O4. The highest BCUT2D eigenvalue weighted by Gasteiger charge is 2.32. The van der Waals surface area contributed by atoms with Crippen molar-refractivity contribution in [2.45, 2.75) is 33.3 Å². The third kappa shape index (κ3) is 4.59. The molecule has 0 spiro atoms. The minimum atomic E-state index is -0.916. The fraction of sp³-hybridized carbons (Fsp3) is 0.529. The van der Waals surface area contributed by atoms with Crippen LogP contribution in [0.25, 0.3) is 0 Å². The number of ether oxygens (including phenoxy) is 1. The van der Waals surface area contributed by atoms with E-state index in [1.807, 2.05) is 20.8 Å². The summed E-state index contributed by atoms with van der Waals surface area (Å²) in [5.74, 6) is -1.64. The number of aliphatic carboxylic acids is 1. The number of halogens is 1. The van der Waals surface area contributed by atoms with E-state index in [0.717, 1.165) is 0 Å². The van der Waals surface area contributed by atoms with Crippen LogP contribution < -0.4 is 10.1 Å². The van der Waals surface area contributed by atoms with Gasteiger partial charge in [-0.2, -0.15) is 0 Å². The molecule has 2 atom stereocenters. The second-order valence-electron chi connectivity index (χ2n) is 6.52. The molecule has 2 amide bonds. The Bertz CT molecular complexity index is 621. The van der Waals surface area contributed by atoms with Crippen molar-refractivity contribution < 1.29 is 23.8 Å². The van der Waals surface area contributed by atoms with Gasteiger partial charge in [-0.05, 0) is 38.3 Å². The largest absolute Gasteiger partial charge is 0.491 e. The second-order valence-corrected chi connectivity index (χ2v) is 6.52. The van der Waals surface area contributed by atoms with Crippen LogP contribution in [-0.2, 0) is 4.79 Å². The highest BCUT2D eigenvalue weighted by atomic mass is 19.1. The first-order valence-corrected chi connectivity index (χ1v) is 8.01. The number of piperidine rings is 1. The number of urea groups is 1. The van der Waals surface area contributed by atoms with Gasteiger partial charge in [-0.25, -0.2) is 9.18 Å². The molecule has 132 valence electrons. The van der Waals surface area contributed by atoms with Crippen LogP contribution in [0.4, 0.5) is 14.9 Å². The SMILES string of the molecule is CC1CC(C(=O)O)CN(C(=O)Nc2ccc(OC(C)C)cc2F)C1. The monoisotopic (exact) mass is 338 g/mol. The van der Waals surface area contributed by atoms with Crippen molar-refractivity contribution in [3.05, 3.63) is 24.0 Å². The maximum atomic E-state index is 14.1. The maximum absolute atomic E-state index is 14.1. The first-order chi connectivity index (χ1) is 11.3. The van der Waals surface area contributed by atoms with Crippen molar-refractivity contribution in [2.75, 3.05) is 18.4 Å². The van der Waals surface area contributed by atoms with Gasteiger partial charge in [0.1, 0.15) is 11.6 Å². The Morgan fingerprint density at radius 1 is 1.38 bits per heavy atom. The summed E-state index contributed by atoms with van der Waals surface area (Å²) in [6.07, 6.45) is 0.460. The van der Waals surface area contributed by atoms with Gasteiger partial charge in [-0.15, -0.1) is 0 Å². The van der Waals surface area contributed by atoms with Crippen LogP contribution in [0.5, 0.6) is 5.75 Å². The van der Waals surface area contributed by atoms with Crippen molar-refractivity contribution >= 4 is 17.7 Å². The minimum Gasteiger partial charge on any atom is -0.491 e. The first kappa shape index (κ1) is 18.0. The van der Waals surface area contributed by atoms with E-state index in [0.29, 0.717) is 18.7 Å². The zero-order valence-corrected chi connectivity index (χ0v) is 14.1. The van der Waals surface area contributed by atoms with E-state index in [4.69, 9.17) is 9.84 Å². The van der Waals surface area contributed by atoms with Gasteiger partial charge < -0.3 is 20.1 Å². The van der Waals surface area contributed by atoms with Crippen molar-refractivity contribution in [2.24, 2.45) is 11.8 Å². The Hall–Kier alpha value is -2.31. The Morgan fingerprint density at radius 3 is 2.67 bits per heavy atom. The number of amides is 2. The summed E-state index contributed by atoms with van der Waals surface area (Å²) < 4.78 is 19.5. The van der Waals surface area contributed by atoms with Crippen molar-refractivity contribution in [3.63, 3.8) is 0 Å². The quantitative estimate of drug-likeness (QED) is 0.884. The predicted octanol–water partition coefficient (Wildman–Crippen LogP) is 3.19. The summed E-state index contributed by atoms with van der Waals surface area (Å²) in [7, 11) is 0. The summed E-state index contributed by atoms with van der Waals surface area (Å²) in [5, 5.41) is 11.7. The molecule has 0 bridgehead atoms. The Labute approximate surface area is 140 Å². The zero-order valence-electron chi connectivity index (χ0n) is 14.1. The average Bonchev–Trinajstić information content (AvgIpc) is 2.48. The summed E-state index contributed by atoms with van der Waals surface area (Å²) >= 11 is 0. The fourth-order valence-corrected chi connectivity index (χ4v) is 2.83. The maximum Gasteiger partial charge on any atom is 0.321 e. The normalized spacial score (nSPS) is 20.8. The highest BCUT2D eigenvalue weighted by Crippen LogP contribution is 2.25. The molecule has 1 aromatic carbocycles. The average molecular weight is 338 g/mol. The molecule has 1 saturated heterocycles. The molecular weight excluding hydrogens is 315 g/mol. The van der Waals surface area contributed by atoms with Crippen molar-refractivity contribution in [1.29, 1.82) is 0 Å². The van der Waals surface area contributed by atoms with Crippen LogP contribution in [0.1, 0.15) is 27.2 Å². The number of carbonyl (C=O) groups is 2. The number of carboxylic acids is 1. The van der Waals surface area contributed by atoms with E-state index in [1.165, 1.54) is 17.0 Å². The topological polar surface area (TPSA) is 78.9 Å². The second kappa shape index (κ2) is 7.51. The molecule has 1 aliphatic rings. The number of nitrogens with zero attached hydrogens (tertiary/aromatic N) is 1. The molecule has 0 saturated carbocycles. The fourth-order valence-electron chi connectivity index (χ4n) is 2.83. The standard InChI is InChI=1S/C17H23FN2O4/c1-10(2)24-13-4-5-15(14(18)7-13)19-17(23)20-8-11(3)6-12(9-20)16(21)22/h4-5,7,10-12H,6,8-9H2,1-3H3,(H,19,23)(H,21,22). The van der Waals surface area contributed by atoms with Crippen LogP contribution in [-0.4, -0.2) is 41.2 Å². The number of rotatable bonds is 4. The van der Waals surface area contributed by atoms with Crippen LogP contribution in [0.3, 0.4) is 0 Å². The van der Waals surface area contributed by atoms with Gasteiger partial charge >= 0.3 is 12.0 Å². The molecule has 0 aromatic heterocycles. The Balaban J connectivity index is 2.04. The smallest absolute Gasteiger partial charge is 0.321 e. The lowest BCUT2D eigenvalue weighted by Gasteiger charge is -2.34. The van der Waals surface area contributed by atoms with Gasteiger partial charge in [0.25, 0.3) is 0 Å². The van der Waals surface area contributed by atoms with Crippen molar-refractivity contribution in [3.8, 4) is 5.75 Å². The van der Waals surface area contributed by atoms with Crippen molar-refractivity contribution in [1.82, 2.24) is 4.90 Å². The molecule has 1 heterocycles. The summed E-state index contributed by atoms with van der Waals surface area (Å²) in [6.45, 7) is 6.15. The molecule has 1 fully saturated rings. The molecule has 6 nitrogen and oxygen atoms in total. The van der Waals surface area contributed by atoms with E-state index in [1.54, 1.807) is 6.07 Å². The van der Waals surface area contributed by atoms with E-state index in [-0.39, 0.29) is 24.3 Å². The van der Waals surface area contributed by atoms with Crippen LogP contribution in [0.15, 0.2) is 18.2 Å². The number of likely N-dealkylation sites (tertiary alicyclic amines) is 1. The van der Waals surface area contributed by atoms with Gasteiger partial charge in [0.05, 0.1) is 17.7 Å². The lowest BCUT2D eigenvalue weighted by molar-refractivity contribution is -0.143. The van der Waals surface area contributed by atoms with Gasteiger partial charge in [0, 0.05) is 19.2 Å². The van der Waals surface area contributed by atoms with E-state index >= 15 is 0 Å². The van der Waals surface area contributed by atoms with Crippen LogP contribution in [0.2, 0.25) is 0 Å². The number of carbonyl (C=O) groups excluding carboxylic acids is 1. The summed E-state index contributed by atoms with van der Waals surface area (Å²) in [6, 6.07) is 3.74. The molecule has 24 heavy (non-hydrogen) atoms. The Morgan fingerprint density at radius 2 is 2.08 bits per heavy atom. The Kier molecular flexibility index (Phi) is 5.64. The highest BCUT2D eigenvalue weighted by molar-refractivity contribution is 5.90. The number of nitrogens with one attached hydrogen (secondary N) is 1. The number of hydrogen-bond acceptors (Lipinski definition) is 3. The third-order valence-corrected chi connectivity index (χ3v) is 3.85. The molecule has 0 aliphatic carbocycles. The molecule has 1 aliphatic heterocycles. The lowest BCUT2D eigenvalue weighted by atomic mass is 9.91. The van der Waals surface area contributed by atoms with E-state index in [2.05, 4.69) is 5.32 Å².